The van der Waals surface area contributed by atoms with Crippen molar-refractivity contribution in [2.75, 3.05) is 18.0 Å². The quantitative estimate of drug-likeness (QED) is 0.794. The Balaban J connectivity index is 1.54. The summed E-state index contributed by atoms with van der Waals surface area (Å²) in [6, 6.07) is 3.65. The number of pyridine rings is 1. The average molecular weight is 358 g/mol. The van der Waals surface area contributed by atoms with Crippen LogP contribution in [-0.4, -0.2) is 50.1 Å². The van der Waals surface area contributed by atoms with Crippen LogP contribution in [0.25, 0.3) is 0 Å². The third kappa shape index (κ3) is 4.78. The summed E-state index contributed by atoms with van der Waals surface area (Å²) in [5.41, 5.74) is 0.968. The van der Waals surface area contributed by atoms with Crippen molar-refractivity contribution in [3.63, 3.8) is 0 Å². The van der Waals surface area contributed by atoms with Crippen molar-refractivity contribution in [2.45, 2.75) is 38.8 Å². The minimum Gasteiger partial charge on any atom is -0.480 e. The van der Waals surface area contributed by atoms with Crippen LogP contribution in [0.1, 0.15) is 41.7 Å². The van der Waals surface area contributed by atoms with Crippen LogP contribution in [0.15, 0.2) is 24.5 Å². The molecule has 3 heterocycles. The van der Waals surface area contributed by atoms with Gasteiger partial charge in [-0.15, -0.1) is 5.10 Å². The standard InChI is InChI=1S/C17H22N6O3/c24-16(25)12-23-11-14(20-21-23)10-19-17(26)13-5-6-15(18-9-13)22-7-3-1-2-4-8-22/h5-6,9,11H,1-4,7-8,10,12H2,(H,19,26)(H,24,25). The van der Waals surface area contributed by atoms with E-state index in [1.165, 1.54) is 36.6 Å². The predicted molar refractivity (Wildman–Crippen MR) is 93.7 cm³/mol. The first-order valence-electron chi connectivity index (χ1n) is 8.72. The number of nitrogens with zero attached hydrogens (tertiary/aromatic N) is 5. The summed E-state index contributed by atoms with van der Waals surface area (Å²) in [7, 11) is 0. The molecule has 0 atom stereocenters. The monoisotopic (exact) mass is 358 g/mol. The Morgan fingerprint density at radius 3 is 2.58 bits per heavy atom. The fourth-order valence-electron chi connectivity index (χ4n) is 2.92. The topological polar surface area (TPSA) is 113 Å². The van der Waals surface area contributed by atoms with E-state index in [0.717, 1.165) is 18.9 Å². The van der Waals surface area contributed by atoms with Gasteiger partial charge in [0.1, 0.15) is 18.1 Å². The zero-order chi connectivity index (χ0) is 18.4. The Kier molecular flexibility index (Phi) is 5.77. The maximum atomic E-state index is 12.2. The van der Waals surface area contributed by atoms with Gasteiger partial charge < -0.3 is 15.3 Å². The Bertz CT molecular complexity index is 750. The molecule has 0 unspecified atom stereocenters. The second kappa shape index (κ2) is 8.41. The smallest absolute Gasteiger partial charge is 0.325 e. The number of nitrogens with one attached hydrogen (secondary N) is 1. The van der Waals surface area contributed by atoms with Gasteiger partial charge in [-0.1, -0.05) is 18.1 Å². The molecule has 0 aromatic carbocycles. The molecule has 3 rings (SSSR count). The van der Waals surface area contributed by atoms with E-state index in [1.807, 2.05) is 6.07 Å². The number of aliphatic carboxylic acids is 1. The lowest BCUT2D eigenvalue weighted by molar-refractivity contribution is -0.137. The van der Waals surface area contributed by atoms with Crippen molar-refractivity contribution < 1.29 is 14.7 Å². The zero-order valence-electron chi connectivity index (χ0n) is 14.5. The number of rotatable bonds is 6. The van der Waals surface area contributed by atoms with Gasteiger partial charge in [0.25, 0.3) is 5.91 Å². The molecule has 2 N–H and O–H groups in total. The second-order valence-electron chi connectivity index (χ2n) is 6.29. The van der Waals surface area contributed by atoms with E-state index in [4.69, 9.17) is 5.11 Å². The summed E-state index contributed by atoms with van der Waals surface area (Å²) < 4.78 is 1.21. The largest absolute Gasteiger partial charge is 0.480 e. The fraction of sp³-hybridized carbons (Fsp3) is 0.471. The van der Waals surface area contributed by atoms with E-state index in [2.05, 4.69) is 25.5 Å². The molecule has 0 bridgehead atoms. The van der Waals surface area contributed by atoms with Gasteiger partial charge in [-0.3, -0.25) is 9.59 Å². The number of carboxylic acids is 1. The Morgan fingerprint density at radius 2 is 1.92 bits per heavy atom. The molecule has 0 radical (unpaired) electrons. The van der Waals surface area contributed by atoms with Crippen LogP contribution < -0.4 is 10.2 Å². The second-order valence-corrected chi connectivity index (χ2v) is 6.29. The number of carboxylic acid groups (broad SMARTS) is 1. The summed E-state index contributed by atoms with van der Waals surface area (Å²) in [6.45, 7) is 1.92. The van der Waals surface area contributed by atoms with Crippen LogP contribution in [0.3, 0.4) is 0 Å². The summed E-state index contributed by atoms with van der Waals surface area (Å²) in [5, 5.41) is 19.0. The summed E-state index contributed by atoms with van der Waals surface area (Å²) in [6.07, 6.45) is 7.94. The molecule has 0 aliphatic carbocycles. The molecule has 26 heavy (non-hydrogen) atoms. The van der Waals surface area contributed by atoms with Crippen LogP contribution in [0.2, 0.25) is 0 Å². The lowest BCUT2D eigenvalue weighted by Gasteiger charge is -2.21. The average Bonchev–Trinajstić information content (AvgIpc) is 2.90. The first-order valence-corrected chi connectivity index (χ1v) is 8.72. The Hall–Kier alpha value is -2.97. The fourth-order valence-corrected chi connectivity index (χ4v) is 2.92. The summed E-state index contributed by atoms with van der Waals surface area (Å²) >= 11 is 0. The number of hydrogen-bond acceptors (Lipinski definition) is 6. The van der Waals surface area contributed by atoms with E-state index in [-0.39, 0.29) is 19.0 Å². The van der Waals surface area contributed by atoms with Gasteiger partial charge in [0.15, 0.2) is 0 Å². The molecule has 1 fully saturated rings. The van der Waals surface area contributed by atoms with E-state index in [0.29, 0.717) is 11.3 Å². The maximum Gasteiger partial charge on any atom is 0.325 e. The van der Waals surface area contributed by atoms with Crippen LogP contribution in [0.4, 0.5) is 5.82 Å². The molecule has 2 aromatic heterocycles. The molecule has 0 spiro atoms. The summed E-state index contributed by atoms with van der Waals surface area (Å²) in [4.78, 5) is 29.5. The number of carbonyl (C=O) groups excluding carboxylic acids is 1. The highest BCUT2D eigenvalue weighted by atomic mass is 16.4. The molecule has 9 nitrogen and oxygen atoms in total. The van der Waals surface area contributed by atoms with Crippen molar-refractivity contribution >= 4 is 17.7 Å². The van der Waals surface area contributed by atoms with Crippen LogP contribution in [0, 0.1) is 0 Å². The van der Waals surface area contributed by atoms with Gasteiger partial charge in [-0.05, 0) is 25.0 Å². The Labute approximate surface area is 151 Å². The van der Waals surface area contributed by atoms with Gasteiger partial charge in [-0.2, -0.15) is 0 Å². The maximum absolute atomic E-state index is 12.2. The highest BCUT2D eigenvalue weighted by Gasteiger charge is 2.13. The lowest BCUT2D eigenvalue weighted by atomic mass is 10.2. The van der Waals surface area contributed by atoms with Crippen molar-refractivity contribution in [3.8, 4) is 0 Å². The predicted octanol–water partition coefficient (Wildman–Crippen LogP) is 1.07. The van der Waals surface area contributed by atoms with E-state index in [9.17, 15) is 9.59 Å². The highest BCUT2D eigenvalue weighted by molar-refractivity contribution is 5.93. The van der Waals surface area contributed by atoms with Gasteiger partial charge in [0.05, 0.1) is 18.3 Å². The van der Waals surface area contributed by atoms with Gasteiger partial charge in [0, 0.05) is 19.3 Å². The van der Waals surface area contributed by atoms with E-state index in [1.54, 1.807) is 12.3 Å². The highest BCUT2D eigenvalue weighted by Crippen LogP contribution is 2.17. The number of amides is 1. The summed E-state index contributed by atoms with van der Waals surface area (Å²) in [5.74, 6) is -0.353. The third-order valence-electron chi connectivity index (χ3n) is 4.25. The van der Waals surface area contributed by atoms with Crippen LogP contribution in [-0.2, 0) is 17.9 Å². The van der Waals surface area contributed by atoms with Crippen molar-refractivity contribution in [3.05, 3.63) is 35.8 Å². The molecule has 1 aliphatic rings. The molecular weight excluding hydrogens is 336 g/mol. The molecule has 9 heteroatoms. The zero-order valence-corrected chi connectivity index (χ0v) is 14.5. The van der Waals surface area contributed by atoms with Crippen molar-refractivity contribution in [2.24, 2.45) is 0 Å². The van der Waals surface area contributed by atoms with E-state index < -0.39 is 5.97 Å². The number of hydrogen-bond donors (Lipinski definition) is 2. The SMILES string of the molecule is O=C(O)Cn1cc(CNC(=O)c2ccc(N3CCCCCC3)nc2)nn1. The minimum absolute atomic E-state index is 0.173. The number of anilines is 1. The molecule has 1 aliphatic heterocycles. The van der Waals surface area contributed by atoms with Gasteiger partial charge >= 0.3 is 5.97 Å². The molecule has 0 saturated carbocycles. The van der Waals surface area contributed by atoms with Crippen molar-refractivity contribution in [1.82, 2.24) is 25.3 Å². The normalized spacial score (nSPS) is 14.7. The first kappa shape index (κ1) is 17.8. The first-order chi connectivity index (χ1) is 12.6. The van der Waals surface area contributed by atoms with Crippen LogP contribution >= 0.6 is 0 Å². The van der Waals surface area contributed by atoms with E-state index >= 15 is 0 Å². The molecule has 1 amide bonds. The molecular formula is C17H22N6O3. The number of carbonyl (C=O) groups is 2. The minimum atomic E-state index is -0.999. The number of aromatic nitrogens is 4. The third-order valence-corrected chi connectivity index (χ3v) is 4.25. The molecule has 138 valence electrons. The van der Waals surface area contributed by atoms with Crippen molar-refractivity contribution in [1.29, 1.82) is 0 Å². The van der Waals surface area contributed by atoms with Gasteiger partial charge in [0.2, 0.25) is 0 Å². The Morgan fingerprint density at radius 1 is 1.15 bits per heavy atom. The lowest BCUT2D eigenvalue weighted by Crippen LogP contribution is -2.26. The molecule has 2 aromatic rings. The van der Waals surface area contributed by atoms with Crippen LogP contribution in [0.5, 0.6) is 0 Å². The van der Waals surface area contributed by atoms with Gasteiger partial charge in [-0.25, -0.2) is 9.67 Å². The molecule has 1 saturated heterocycles.